The van der Waals surface area contributed by atoms with Crippen molar-refractivity contribution in [3.8, 4) is 11.5 Å². The Morgan fingerprint density at radius 2 is 1.72 bits per heavy atom. The van der Waals surface area contributed by atoms with Gasteiger partial charge in [0.05, 0.1) is 19.3 Å². The highest BCUT2D eigenvalue weighted by atomic mass is 32.1. The number of morpholine rings is 1. The molecule has 1 N–H and O–H groups in total. The number of nitrogens with one attached hydrogen (secondary N) is 1. The summed E-state index contributed by atoms with van der Waals surface area (Å²) in [6, 6.07) is 21.2. The van der Waals surface area contributed by atoms with E-state index in [-0.39, 0.29) is 11.9 Å². The second-order valence-corrected chi connectivity index (χ2v) is 7.81. The largest absolute Gasteiger partial charge is 0.457 e. The Kier molecular flexibility index (Phi) is 6.56. The fraction of sp³-hybridized carbons (Fsp3) is 0.261. The zero-order valence-electron chi connectivity index (χ0n) is 16.1. The van der Waals surface area contributed by atoms with Crippen molar-refractivity contribution in [2.75, 3.05) is 32.8 Å². The van der Waals surface area contributed by atoms with Crippen LogP contribution in [0.2, 0.25) is 0 Å². The van der Waals surface area contributed by atoms with Crippen LogP contribution in [0.4, 0.5) is 0 Å². The first kappa shape index (κ1) is 19.6. The zero-order chi connectivity index (χ0) is 19.9. The zero-order valence-corrected chi connectivity index (χ0v) is 16.9. The number of hydrogen-bond donors (Lipinski definition) is 1. The van der Waals surface area contributed by atoms with Crippen molar-refractivity contribution in [1.82, 2.24) is 10.2 Å². The summed E-state index contributed by atoms with van der Waals surface area (Å²) in [6.45, 7) is 3.80. The van der Waals surface area contributed by atoms with Crippen LogP contribution in [0.3, 0.4) is 0 Å². The lowest BCUT2D eigenvalue weighted by molar-refractivity contribution is 0.0169. The van der Waals surface area contributed by atoms with Crippen molar-refractivity contribution >= 4 is 17.2 Å². The van der Waals surface area contributed by atoms with Gasteiger partial charge in [0, 0.05) is 30.1 Å². The number of rotatable bonds is 7. The van der Waals surface area contributed by atoms with Gasteiger partial charge in [-0.15, -0.1) is 11.3 Å². The number of ether oxygens (including phenoxy) is 2. The van der Waals surface area contributed by atoms with Crippen LogP contribution in [0.25, 0.3) is 0 Å². The molecule has 1 aliphatic heterocycles. The Morgan fingerprint density at radius 3 is 2.41 bits per heavy atom. The minimum Gasteiger partial charge on any atom is -0.457 e. The molecule has 1 saturated heterocycles. The summed E-state index contributed by atoms with van der Waals surface area (Å²) >= 11 is 1.72. The van der Waals surface area contributed by atoms with Gasteiger partial charge >= 0.3 is 0 Å². The second-order valence-electron chi connectivity index (χ2n) is 6.83. The molecular weight excluding hydrogens is 384 g/mol. The summed E-state index contributed by atoms with van der Waals surface area (Å²) in [6.07, 6.45) is 0. The number of thiophene rings is 1. The molecule has 6 heteroatoms. The van der Waals surface area contributed by atoms with Gasteiger partial charge in [-0.25, -0.2) is 0 Å². The van der Waals surface area contributed by atoms with Gasteiger partial charge in [-0.2, -0.15) is 0 Å². The topological polar surface area (TPSA) is 50.8 Å². The monoisotopic (exact) mass is 408 g/mol. The number of benzene rings is 2. The number of nitrogens with zero attached hydrogens (tertiary/aromatic N) is 1. The fourth-order valence-corrected chi connectivity index (χ4v) is 4.23. The first-order chi connectivity index (χ1) is 14.3. The van der Waals surface area contributed by atoms with Crippen molar-refractivity contribution in [1.29, 1.82) is 0 Å². The average Bonchev–Trinajstić information content (AvgIpc) is 3.30. The molecule has 3 aromatic rings. The van der Waals surface area contributed by atoms with E-state index in [0.717, 1.165) is 32.1 Å². The van der Waals surface area contributed by atoms with Gasteiger partial charge in [0.1, 0.15) is 11.5 Å². The van der Waals surface area contributed by atoms with Crippen molar-refractivity contribution in [2.24, 2.45) is 0 Å². The van der Waals surface area contributed by atoms with Gasteiger partial charge in [-0.05, 0) is 47.8 Å². The number of amides is 1. The van der Waals surface area contributed by atoms with Crippen LogP contribution < -0.4 is 10.1 Å². The van der Waals surface area contributed by atoms with E-state index in [0.29, 0.717) is 17.9 Å². The minimum atomic E-state index is -0.0777. The maximum Gasteiger partial charge on any atom is 0.251 e. The first-order valence-corrected chi connectivity index (χ1v) is 10.6. The number of carbonyl (C=O) groups is 1. The highest BCUT2D eigenvalue weighted by molar-refractivity contribution is 7.10. The Balaban J connectivity index is 1.37. The molecule has 1 fully saturated rings. The van der Waals surface area contributed by atoms with Gasteiger partial charge in [0.25, 0.3) is 5.91 Å². The standard InChI is InChI=1S/C23H24N2O3S/c26-23(18-8-10-20(11-9-18)28-19-5-2-1-3-6-19)24-17-21(22-7-4-16-29-22)25-12-14-27-15-13-25/h1-11,16,21H,12-15,17H2,(H,24,26)/t21-/m1/s1. The molecule has 0 spiro atoms. The fourth-order valence-electron chi connectivity index (χ4n) is 3.37. The maximum absolute atomic E-state index is 12.7. The van der Waals surface area contributed by atoms with E-state index in [9.17, 15) is 4.79 Å². The van der Waals surface area contributed by atoms with E-state index in [2.05, 4.69) is 27.7 Å². The molecule has 1 aliphatic rings. The molecule has 1 atom stereocenters. The maximum atomic E-state index is 12.7. The van der Waals surface area contributed by atoms with Crippen molar-refractivity contribution in [2.45, 2.75) is 6.04 Å². The van der Waals surface area contributed by atoms with Crippen LogP contribution in [0.1, 0.15) is 21.3 Å². The molecule has 2 aromatic carbocycles. The van der Waals surface area contributed by atoms with Crippen LogP contribution in [-0.2, 0) is 4.74 Å². The molecule has 150 valence electrons. The molecular formula is C23H24N2O3S. The number of carbonyl (C=O) groups excluding carboxylic acids is 1. The quantitative estimate of drug-likeness (QED) is 0.632. The van der Waals surface area contributed by atoms with Crippen molar-refractivity contribution in [3.63, 3.8) is 0 Å². The summed E-state index contributed by atoms with van der Waals surface area (Å²) in [7, 11) is 0. The summed E-state index contributed by atoms with van der Waals surface area (Å²) in [5.41, 5.74) is 0.623. The highest BCUT2D eigenvalue weighted by Crippen LogP contribution is 2.26. The Hall–Kier alpha value is -2.67. The van der Waals surface area contributed by atoms with Gasteiger partial charge in [-0.1, -0.05) is 24.3 Å². The van der Waals surface area contributed by atoms with E-state index < -0.39 is 0 Å². The van der Waals surface area contributed by atoms with Crippen LogP contribution in [0, 0.1) is 0 Å². The molecule has 1 amide bonds. The molecule has 4 rings (SSSR count). The van der Waals surface area contributed by atoms with E-state index in [1.807, 2.05) is 42.5 Å². The van der Waals surface area contributed by atoms with Gasteiger partial charge < -0.3 is 14.8 Å². The highest BCUT2D eigenvalue weighted by Gasteiger charge is 2.24. The summed E-state index contributed by atoms with van der Waals surface area (Å²) in [5, 5.41) is 5.18. The minimum absolute atomic E-state index is 0.0777. The first-order valence-electron chi connectivity index (χ1n) is 9.76. The number of hydrogen-bond acceptors (Lipinski definition) is 5. The predicted octanol–water partition coefficient (Wildman–Crippen LogP) is 4.34. The van der Waals surface area contributed by atoms with E-state index in [1.54, 1.807) is 23.5 Å². The van der Waals surface area contributed by atoms with E-state index in [1.165, 1.54) is 4.88 Å². The Morgan fingerprint density at radius 1 is 1.00 bits per heavy atom. The van der Waals surface area contributed by atoms with Gasteiger partial charge in [0.2, 0.25) is 0 Å². The summed E-state index contributed by atoms with van der Waals surface area (Å²) < 4.78 is 11.3. The lowest BCUT2D eigenvalue weighted by Crippen LogP contribution is -2.43. The lowest BCUT2D eigenvalue weighted by atomic mass is 10.1. The third-order valence-corrected chi connectivity index (χ3v) is 5.88. The third-order valence-electron chi connectivity index (χ3n) is 4.91. The molecule has 0 unspecified atom stereocenters. The second kappa shape index (κ2) is 9.69. The summed E-state index contributed by atoms with van der Waals surface area (Å²) in [5.74, 6) is 1.40. The Labute approximate surface area is 174 Å². The molecule has 29 heavy (non-hydrogen) atoms. The van der Waals surface area contributed by atoms with Gasteiger partial charge in [0.15, 0.2) is 0 Å². The van der Waals surface area contributed by atoms with E-state index >= 15 is 0 Å². The van der Waals surface area contributed by atoms with Crippen molar-refractivity contribution in [3.05, 3.63) is 82.6 Å². The SMILES string of the molecule is O=C(NC[C@H](c1cccs1)N1CCOCC1)c1ccc(Oc2ccccc2)cc1. The van der Waals surface area contributed by atoms with E-state index in [4.69, 9.17) is 9.47 Å². The average molecular weight is 409 g/mol. The smallest absolute Gasteiger partial charge is 0.251 e. The van der Waals surface area contributed by atoms with Gasteiger partial charge in [-0.3, -0.25) is 9.69 Å². The molecule has 1 aromatic heterocycles. The molecule has 0 bridgehead atoms. The molecule has 0 aliphatic carbocycles. The van der Waals surface area contributed by atoms with Crippen LogP contribution >= 0.6 is 11.3 Å². The molecule has 0 saturated carbocycles. The van der Waals surface area contributed by atoms with Crippen LogP contribution in [0.15, 0.2) is 72.1 Å². The molecule has 2 heterocycles. The van der Waals surface area contributed by atoms with Crippen LogP contribution in [0.5, 0.6) is 11.5 Å². The van der Waals surface area contributed by atoms with Crippen molar-refractivity contribution < 1.29 is 14.3 Å². The van der Waals surface area contributed by atoms with Crippen LogP contribution in [-0.4, -0.2) is 43.7 Å². The molecule has 0 radical (unpaired) electrons. The third kappa shape index (κ3) is 5.23. The lowest BCUT2D eigenvalue weighted by Gasteiger charge is -2.34. The summed E-state index contributed by atoms with van der Waals surface area (Å²) in [4.78, 5) is 16.3. The normalized spacial score (nSPS) is 15.6. The number of para-hydroxylation sites is 1. The predicted molar refractivity (Wildman–Crippen MR) is 115 cm³/mol. The molecule has 5 nitrogen and oxygen atoms in total. The Bertz CT molecular complexity index is 892.